The van der Waals surface area contributed by atoms with E-state index < -0.39 is 0 Å². The SMILES string of the molecule is CCOc1cc(C(=O)N(C)Cc2cccc3cn[nH]c23)ccc1-c1ccc2c(c1)C(=O)N(C)C2. The minimum absolute atomic E-state index is 0.0236. The summed E-state index contributed by atoms with van der Waals surface area (Å²) in [5, 5.41) is 8.13. The summed E-state index contributed by atoms with van der Waals surface area (Å²) in [5.41, 5.74) is 5.97. The summed E-state index contributed by atoms with van der Waals surface area (Å²) in [4.78, 5) is 29.1. The summed E-state index contributed by atoms with van der Waals surface area (Å²) in [5.74, 6) is 0.543. The maximum Gasteiger partial charge on any atom is 0.254 e. The van der Waals surface area contributed by atoms with Gasteiger partial charge in [0.25, 0.3) is 11.8 Å². The van der Waals surface area contributed by atoms with Crippen molar-refractivity contribution in [1.29, 1.82) is 0 Å². The molecule has 7 heteroatoms. The lowest BCUT2D eigenvalue weighted by Crippen LogP contribution is -2.26. The number of aromatic amines is 1. The van der Waals surface area contributed by atoms with E-state index in [2.05, 4.69) is 10.2 Å². The molecule has 0 saturated heterocycles. The second-order valence-electron chi connectivity index (χ2n) is 8.59. The molecular formula is C27H26N4O3. The lowest BCUT2D eigenvalue weighted by atomic mass is 9.98. The number of H-pyrrole nitrogens is 1. The molecule has 3 aromatic carbocycles. The number of hydrogen-bond acceptors (Lipinski definition) is 4. The van der Waals surface area contributed by atoms with E-state index in [4.69, 9.17) is 4.74 Å². The van der Waals surface area contributed by atoms with Crippen LogP contribution >= 0.6 is 0 Å². The second-order valence-corrected chi connectivity index (χ2v) is 8.59. The van der Waals surface area contributed by atoms with Gasteiger partial charge in [0, 0.05) is 49.3 Å². The molecule has 0 bridgehead atoms. The molecule has 1 N–H and O–H groups in total. The first-order valence-electron chi connectivity index (χ1n) is 11.3. The molecule has 2 amide bonds. The molecule has 0 atom stereocenters. The van der Waals surface area contributed by atoms with Crippen molar-refractivity contribution in [2.45, 2.75) is 20.0 Å². The van der Waals surface area contributed by atoms with Gasteiger partial charge in [-0.3, -0.25) is 14.7 Å². The number of carbonyl (C=O) groups is 2. The number of hydrogen-bond donors (Lipinski definition) is 1. The van der Waals surface area contributed by atoms with Gasteiger partial charge in [-0.05, 0) is 47.9 Å². The van der Waals surface area contributed by atoms with E-state index in [0.29, 0.717) is 31.0 Å². The quantitative estimate of drug-likeness (QED) is 0.466. The van der Waals surface area contributed by atoms with Crippen LogP contribution in [-0.2, 0) is 13.1 Å². The highest BCUT2D eigenvalue weighted by Crippen LogP contribution is 2.34. The Balaban J connectivity index is 1.43. The summed E-state index contributed by atoms with van der Waals surface area (Å²) in [6.45, 7) is 3.45. The highest BCUT2D eigenvalue weighted by molar-refractivity contribution is 6.00. The Morgan fingerprint density at radius 3 is 2.82 bits per heavy atom. The number of rotatable bonds is 6. The first-order chi connectivity index (χ1) is 16.5. The van der Waals surface area contributed by atoms with Gasteiger partial charge in [0.05, 0.1) is 18.3 Å². The standard InChI is InChI=1S/C27H26N4O3/c1-4-34-24-13-18(26(32)30(2)16-21-7-5-6-19-14-28-29-25(19)21)10-11-22(24)17-8-9-20-15-31(3)27(33)23(20)12-17/h5-14H,4,15-16H2,1-3H3,(H,28,29). The van der Waals surface area contributed by atoms with Crippen LogP contribution < -0.4 is 4.74 Å². The molecule has 172 valence electrons. The molecule has 1 aliphatic heterocycles. The maximum atomic E-state index is 13.3. The van der Waals surface area contributed by atoms with Crippen LogP contribution in [0.2, 0.25) is 0 Å². The smallest absolute Gasteiger partial charge is 0.254 e. The molecule has 34 heavy (non-hydrogen) atoms. The number of carbonyl (C=O) groups excluding carboxylic acids is 2. The Morgan fingerprint density at radius 1 is 1.15 bits per heavy atom. The molecule has 0 unspecified atom stereocenters. The summed E-state index contributed by atoms with van der Waals surface area (Å²) < 4.78 is 5.92. The minimum atomic E-state index is -0.102. The third kappa shape index (κ3) is 3.79. The average molecular weight is 455 g/mol. The van der Waals surface area contributed by atoms with Crippen LogP contribution in [0.15, 0.2) is 60.8 Å². The van der Waals surface area contributed by atoms with Crippen molar-refractivity contribution in [2.24, 2.45) is 0 Å². The maximum absolute atomic E-state index is 13.3. The number of para-hydroxylation sites is 1. The van der Waals surface area contributed by atoms with Gasteiger partial charge in [0.15, 0.2) is 0 Å². The molecule has 0 radical (unpaired) electrons. The van der Waals surface area contributed by atoms with Crippen LogP contribution in [0, 0.1) is 0 Å². The van der Waals surface area contributed by atoms with Crippen LogP contribution in [0.25, 0.3) is 22.0 Å². The monoisotopic (exact) mass is 454 g/mol. The Bertz CT molecular complexity index is 1410. The van der Waals surface area contributed by atoms with E-state index in [1.807, 2.05) is 55.5 Å². The summed E-state index contributed by atoms with van der Waals surface area (Å²) in [6, 6.07) is 17.3. The Labute approximate surface area is 197 Å². The predicted molar refractivity (Wildman–Crippen MR) is 131 cm³/mol. The van der Waals surface area contributed by atoms with Gasteiger partial charge >= 0.3 is 0 Å². The molecule has 0 fully saturated rings. The molecule has 4 aromatic rings. The fraction of sp³-hybridized carbons (Fsp3) is 0.222. The lowest BCUT2D eigenvalue weighted by Gasteiger charge is -2.19. The Morgan fingerprint density at radius 2 is 2.00 bits per heavy atom. The Hall–Kier alpha value is -4.13. The number of aromatic nitrogens is 2. The fourth-order valence-corrected chi connectivity index (χ4v) is 4.49. The molecule has 2 heterocycles. The van der Waals surface area contributed by atoms with Gasteiger partial charge in [0.2, 0.25) is 0 Å². The van der Waals surface area contributed by atoms with E-state index in [1.54, 1.807) is 36.2 Å². The minimum Gasteiger partial charge on any atom is -0.493 e. The molecule has 1 aliphatic rings. The second kappa shape index (κ2) is 8.67. The highest BCUT2D eigenvalue weighted by Gasteiger charge is 2.25. The predicted octanol–water partition coefficient (Wildman–Crippen LogP) is 4.49. The topological polar surface area (TPSA) is 78.5 Å². The average Bonchev–Trinajstić information content (AvgIpc) is 3.43. The van der Waals surface area contributed by atoms with Crippen molar-refractivity contribution in [3.8, 4) is 16.9 Å². The zero-order chi connectivity index (χ0) is 23.8. The molecular weight excluding hydrogens is 428 g/mol. The largest absolute Gasteiger partial charge is 0.493 e. The van der Waals surface area contributed by atoms with Gasteiger partial charge in [0.1, 0.15) is 5.75 Å². The number of nitrogens with zero attached hydrogens (tertiary/aromatic N) is 3. The van der Waals surface area contributed by atoms with E-state index in [0.717, 1.165) is 38.7 Å². The van der Waals surface area contributed by atoms with Gasteiger partial charge in [-0.25, -0.2) is 0 Å². The van der Waals surface area contributed by atoms with Crippen LogP contribution in [0.5, 0.6) is 5.75 Å². The van der Waals surface area contributed by atoms with Crippen LogP contribution in [0.1, 0.15) is 38.8 Å². The first-order valence-corrected chi connectivity index (χ1v) is 11.3. The van der Waals surface area contributed by atoms with Gasteiger partial charge in [-0.15, -0.1) is 0 Å². The molecule has 0 spiro atoms. The van der Waals surface area contributed by atoms with Crippen LogP contribution in [-0.4, -0.2) is 52.5 Å². The van der Waals surface area contributed by atoms with Crippen molar-refractivity contribution in [1.82, 2.24) is 20.0 Å². The van der Waals surface area contributed by atoms with E-state index in [-0.39, 0.29) is 11.8 Å². The van der Waals surface area contributed by atoms with Crippen molar-refractivity contribution in [3.63, 3.8) is 0 Å². The number of ether oxygens (including phenoxy) is 1. The fourth-order valence-electron chi connectivity index (χ4n) is 4.49. The third-order valence-electron chi connectivity index (χ3n) is 6.25. The van der Waals surface area contributed by atoms with Crippen molar-refractivity contribution >= 4 is 22.7 Å². The molecule has 1 aromatic heterocycles. The zero-order valence-corrected chi connectivity index (χ0v) is 19.5. The van der Waals surface area contributed by atoms with Gasteiger partial charge in [-0.1, -0.05) is 30.3 Å². The van der Waals surface area contributed by atoms with Gasteiger partial charge < -0.3 is 14.5 Å². The highest BCUT2D eigenvalue weighted by atomic mass is 16.5. The van der Waals surface area contributed by atoms with E-state index in [1.165, 1.54) is 0 Å². The third-order valence-corrected chi connectivity index (χ3v) is 6.25. The molecule has 7 nitrogen and oxygen atoms in total. The van der Waals surface area contributed by atoms with Crippen molar-refractivity contribution in [3.05, 3.63) is 83.0 Å². The van der Waals surface area contributed by atoms with E-state index in [9.17, 15) is 9.59 Å². The number of fused-ring (bicyclic) bond motifs is 2. The number of nitrogens with one attached hydrogen (secondary N) is 1. The van der Waals surface area contributed by atoms with Crippen molar-refractivity contribution in [2.75, 3.05) is 20.7 Å². The summed E-state index contributed by atoms with van der Waals surface area (Å²) in [6.07, 6.45) is 1.78. The molecule has 0 aliphatic carbocycles. The van der Waals surface area contributed by atoms with E-state index >= 15 is 0 Å². The lowest BCUT2D eigenvalue weighted by molar-refractivity contribution is 0.0783. The van der Waals surface area contributed by atoms with Crippen LogP contribution in [0.3, 0.4) is 0 Å². The molecule has 5 rings (SSSR count). The van der Waals surface area contributed by atoms with Crippen LogP contribution in [0.4, 0.5) is 0 Å². The number of benzene rings is 3. The zero-order valence-electron chi connectivity index (χ0n) is 19.5. The normalized spacial score (nSPS) is 12.8. The van der Waals surface area contributed by atoms with Crippen molar-refractivity contribution < 1.29 is 14.3 Å². The Kier molecular flexibility index (Phi) is 5.53. The first kappa shape index (κ1) is 21.7. The molecule has 0 saturated carbocycles. The summed E-state index contributed by atoms with van der Waals surface area (Å²) in [7, 11) is 3.59. The summed E-state index contributed by atoms with van der Waals surface area (Å²) >= 11 is 0. The van der Waals surface area contributed by atoms with Gasteiger partial charge in [-0.2, -0.15) is 5.10 Å². The number of amides is 2.